The number of amides is 1. The highest BCUT2D eigenvalue weighted by Crippen LogP contribution is 2.27. The van der Waals surface area contributed by atoms with Crippen LogP contribution in [0.15, 0.2) is 41.9 Å². The summed E-state index contributed by atoms with van der Waals surface area (Å²) < 4.78 is 0. The van der Waals surface area contributed by atoms with E-state index in [0.29, 0.717) is 12.2 Å². The minimum Gasteiger partial charge on any atom is -0.351 e. The number of aromatic nitrogens is 3. The Balaban J connectivity index is 1.55. The second-order valence-electron chi connectivity index (χ2n) is 5.23. The van der Waals surface area contributed by atoms with Gasteiger partial charge in [0.05, 0.1) is 10.6 Å². The van der Waals surface area contributed by atoms with Crippen molar-refractivity contribution < 1.29 is 4.79 Å². The van der Waals surface area contributed by atoms with Crippen LogP contribution >= 0.6 is 11.3 Å². The fourth-order valence-corrected chi connectivity index (χ4v) is 3.16. The van der Waals surface area contributed by atoms with Gasteiger partial charge in [-0.3, -0.25) is 14.9 Å². The molecule has 0 aliphatic rings. The highest BCUT2D eigenvalue weighted by Gasteiger charge is 2.17. The molecule has 3 rings (SSSR count). The summed E-state index contributed by atoms with van der Waals surface area (Å²) in [5, 5.41) is 12.1. The summed E-state index contributed by atoms with van der Waals surface area (Å²) in [5.74, 6) is -0.137. The molecule has 3 aromatic rings. The fraction of sp³-hybridized carbons (Fsp3) is 0.235. The molecule has 0 spiro atoms. The van der Waals surface area contributed by atoms with E-state index in [1.54, 1.807) is 17.5 Å². The van der Waals surface area contributed by atoms with Crippen LogP contribution in [0.5, 0.6) is 0 Å². The number of thiophene rings is 1. The lowest BCUT2D eigenvalue weighted by Gasteiger charge is -2.04. The first-order chi connectivity index (χ1) is 11.3. The van der Waals surface area contributed by atoms with Gasteiger partial charge in [0.15, 0.2) is 5.69 Å². The van der Waals surface area contributed by atoms with Gasteiger partial charge in [-0.05, 0) is 43.3 Å². The molecular formula is C17H18N4OS. The van der Waals surface area contributed by atoms with Gasteiger partial charge < -0.3 is 5.32 Å². The molecule has 0 fully saturated rings. The van der Waals surface area contributed by atoms with Crippen LogP contribution in [-0.2, 0) is 6.42 Å². The Morgan fingerprint density at radius 3 is 2.96 bits per heavy atom. The third-order valence-electron chi connectivity index (χ3n) is 3.61. The average molecular weight is 326 g/mol. The van der Waals surface area contributed by atoms with E-state index in [9.17, 15) is 4.79 Å². The van der Waals surface area contributed by atoms with Gasteiger partial charge in [0, 0.05) is 24.0 Å². The van der Waals surface area contributed by atoms with Crippen molar-refractivity contribution in [2.75, 3.05) is 6.54 Å². The summed E-state index contributed by atoms with van der Waals surface area (Å²) in [4.78, 5) is 17.6. The summed E-state index contributed by atoms with van der Waals surface area (Å²) in [5.41, 5.74) is 3.30. The lowest BCUT2D eigenvalue weighted by molar-refractivity contribution is 0.0947. The first-order valence-electron chi connectivity index (χ1n) is 7.52. The van der Waals surface area contributed by atoms with Crippen molar-refractivity contribution in [3.8, 4) is 10.6 Å². The van der Waals surface area contributed by atoms with Crippen LogP contribution in [-0.4, -0.2) is 27.6 Å². The molecule has 0 aliphatic carbocycles. The van der Waals surface area contributed by atoms with Crippen LogP contribution in [0.1, 0.15) is 28.2 Å². The SMILES string of the molecule is Cc1c(C(=O)NCCCc2ccccn2)n[nH]c1-c1cccs1. The number of aromatic amines is 1. The Morgan fingerprint density at radius 1 is 1.30 bits per heavy atom. The molecule has 118 valence electrons. The smallest absolute Gasteiger partial charge is 0.272 e. The number of H-pyrrole nitrogens is 1. The van der Waals surface area contributed by atoms with Gasteiger partial charge in [0.25, 0.3) is 5.91 Å². The summed E-state index contributed by atoms with van der Waals surface area (Å²) in [6.45, 7) is 2.53. The first kappa shape index (κ1) is 15.4. The van der Waals surface area contributed by atoms with Crippen molar-refractivity contribution in [1.29, 1.82) is 0 Å². The second kappa shape index (κ2) is 7.19. The highest BCUT2D eigenvalue weighted by atomic mass is 32.1. The van der Waals surface area contributed by atoms with Crippen LogP contribution in [0.3, 0.4) is 0 Å². The van der Waals surface area contributed by atoms with Crippen LogP contribution in [0, 0.1) is 6.92 Å². The van der Waals surface area contributed by atoms with E-state index >= 15 is 0 Å². The molecule has 0 aromatic carbocycles. The number of rotatable bonds is 6. The zero-order chi connectivity index (χ0) is 16.1. The minimum absolute atomic E-state index is 0.137. The number of carbonyl (C=O) groups excluding carboxylic acids is 1. The molecule has 0 unspecified atom stereocenters. The number of pyridine rings is 1. The highest BCUT2D eigenvalue weighted by molar-refractivity contribution is 7.13. The number of hydrogen-bond donors (Lipinski definition) is 2. The molecule has 0 aliphatic heterocycles. The first-order valence-corrected chi connectivity index (χ1v) is 8.40. The van der Waals surface area contributed by atoms with Crippen molar-refractivity contribution in [3.05, 3.63) is 58.9 Å². The lowest BCUT2D eigenvalue weighted by Crippen LogP contribution is -2.25. The van der Waals surface area contributed by atoms with Gasteiger partial charge in [-0.2, -0.15) is 5.10 Å². The van der Waals surface area contributed by atoms with E-state index in [1.807, 2.05) is 42.6 Å². The predicted octanol–water partition coefficient (Wildman–Crippen LogP) is 3.20. The van der Waals surface area contributed by atoms with Crippen molar-refractivity contribution in [3.63, 3.8) is 0 Å². The van der Waals surface area contributed by atoms with Crippen molar-refractivity contribution in [1.82, 2.24) is 20.5 Å². The monoisotopic (exact) mass is 326 g/mol. The molecule has 3 aromatic heterocycles. The average Bonchev–Trinajstić information content (AvgIpc) is 3.21. The number of aryl methyl sites for hydroxylation is 1. The molecule has 3 heterocycles. The Bertz CT molecular complexity index is 765. The van der Waals surface area contributed by atoms with Crippen molar-refractivity contribution >= 4 is 17.2 Å². The maximum absolute atomic E-state index is 12.3. The number of carbonyl (C=O) groups is 1. The third kappa shape index (κ3) is 3.65. The maximum Gasteiger partial charge on any atom is 0.272 e. The van der Waals surface area contributed by atoms with E-state index < -0.39 is 0 Å². The van der Waals surface area contributed by atoms with Gasteiger partial charge in [-0.1, -0.05) is 12.1 Å². The van der Waals surface area contributed by atoms with Crippen molar-refractivity contribution in [2.45, 2.75) is 19.8 Å². The Hall–Kier alpha value is -2.47. The van der Waals surface area contributed by atoms with E-state index in [0.717, 1.165) is 34.7 Å². The molecule has 0 atom stereocenters. The topological polar surface area (TPSA) is 70.7 Å². The van der Waals surface area contributed by atoms with Crippen LogP contribution < -0.4 is 5.32 Å². The fourth-order valence-electron chi connectivity index (χ4n) is 2.38. The van der Waals surface area contributed by atoms with Gasteiger partial charge in [-0.25, -0.2) is 0 Å². The standard InChI is InChI=1S/C17H18N4OS/c1-12-15(14-8-5-11-23-14)20-21-16(12)17(22)19-10-4-7-13-6-2-3-9-18-13/h2-3,5-6,8-9,11H,4,7,10H2,1H3,(H,19,22)(H,20,21). The van der Waals surface area contributed by atoms with Crippen LogP contribution in [0.4, 0.5) is 0 Å². The summed E-state index contributed by atoms with van der Waals surface area (Å²) >= 11 is 1.62. The van der Waals surface area contributed by atoms with E-state index in [1.165, 1.54) is 0 Å². The summed E-state index contributed by atoms with van der Waals surface area (Å²) in [6, 6.07) is 9.86. The zero-order valence-corrected chi connectivity index (χ0v) is 13.7. The van der Waals surface area contributed by atoms with Gasteiger partial charge in [-0.15, -0.1) is 11.3 Å². The van der Waals surface area contributed by atoms with E-state index in [-0.39, 0.29) is 5.91 Å². The van der Waals surface area contributed by atoms with E-state index in [4.69, 9.17) is 0 Å². The van der Waals surface area contributed by atoms with Gasteiger partial charge >= 0.3 is 0 Å². The quantitative estimate of drug-likeness (QED) is 0.683. The van der Waals surface area contributed by atoms with Crippen LogP contribution in [0.25, 0.3) is 10.6 Å². The molecule has 2 N–H and O–H groups in total. The molecule has 0 saturated carbocycles. The van der Waals surface area contributed by atoms with Crippen molar-refractivity contribution in [2.24, 2.45) is 0 Å². The normalized spacial score (nSPS) is 10.7. The van der Waals surface area contributed by atoms with Crippen LogP contribution in [0.2, 0.25) is 0 Å². The number of nitrogens with zero attached hydrogens (tertiary/aromatic N) is 2. The molecule has 1 amide bonds. The second-order valence-corrected chi connectivity index (χ2v) is 6.18. The molecule has 23 heavy (non-hydrogen) atoms. The Labute approximate surface area is 138 Å². The predicted molar refractivity (Wildman–Crippen MR) is 91.5 cm³/mol. The largest absolute Gasteiger partial charge is 0.351 e. The van der Waals surface area contributed by atoms with Gasteiger partial charge in [0.2, 0.25) is 0 Å². The Morgan fingerprint density at radius 2 is 2.22 bits per heavy atom. The lowest BCUT2D eigenvalue weighted by atomic mass is 10.1. The van der Waals surface area contributed by atoms with E-state index in [2.05, 4.69) is 20.5 Å². The molecule has 0 radical (unpaired) electrons. The summed E-state index contributed by atoms with van der Waals surface area (Å²) in [6.07, 6.45) is 3.48. The molecular weight excluding hydrogens is 308 g/mol. The molecule has 6 heteroatoms. The third-order valence-corrected chi connectivity index (χ3v) is 4.50. The zero-order valence-electron chi connectivity index (χ0n) is 12.9. The number of hydrogen-bond acceptors (Lipinski definition) is 4. The van der Waals surface area contributed by atoms with Gasteiger partial charge in [0.1, 0.15) is 0 Å². The minimum atomic E-state index is -0.137. The number of nitrogens with one attached hydrogen (secondary N) is 2. The molecule has 5 nitrogen and oxygen atoms in total. The maximum atomic E-state index is 12.3. The Kier molecular flexibility index (Phi) is 4.83. The molecule has 0 saturated heterocycles. The molecule has 0 bridgehead atoms. The summed E-state index contributed by atoms with van der Waals surface area (Å²) in [7, 11) is 0.